The fourth-order valence-corrected chi connectivity index (χ4v) is 3.00. The zero-order valence-corrected chi connectivity index (χ0v) is 15.2. The molecule has 2 aromatic heterocycles. The minimum Gasteiger partial charge on any atom is -0.412 e. The number of pyridine rings is 1. The Morgan fingerprint density at radius 3 is 2.26 bits per heavy atom. The van der Waals surface area contributed by atoms with Crippen LogP contribution in [0.25, 0.3) is 22.4 Å². The second kappa shape index (κ2) is 8.49. The van der Waals surface area contributed by atoms with Crippen LogP contribution in [0.2, 0.25) is 5.02 Å². The van der Waals surface area contributed by atoms with Crippen molar-refractivity contribution < 1.29 is 5.48 Å². The van der Waals surface area contributed by atoms with Crippen LogP contribution >= 0.6 is 11.6 Å². The van der Waals surface area contributed by atoms with Crippen LogP contribution in [0.5, 0.6) is 0 Å². The first-order valence-corrected chi connectivity index (χ1v) is 8.71. The van der Waals surface area contributed by atoms with Gasteiger partial charge in [-0.2, -0.15) is 5.10 Å². The summed E-state index contributed by atoms with van der Waals surface area (Å²) in [6.45, 7) is 0.698. The molecule has 0 saturated carbocycles. The average Bonchev–Trinajstić information content (AvgIpc) is 3.12. The molecule has 27 heavy (non-hydrogen) atoms. The summed E-state index contributed by atoms with van der Waals surface area (Å²) < 4.78 is 0. The van der Waals surface area contributed by atoms with Crippen LogP contribution in [0, 0.1) is 0 Å². The number of benzene rings is 2. The molecule has 0 saturated heterocycles. The van der Waals surface area contributed by atoms with Crippen molar-refractivity contribution in [2.24, 2.45) is 0 Å². The Morgan fingerprint density at radius 1 is 0.852 bits per heavy atom. The minimum atomic E-state index is 0. The molecule has 2 aromatic carbocycles. The highest BCUT2D eigenvalue weighted by molar-refractivity contribution is 6.30. The Hall–Kier alpha value is -3.15. The van der Waals surface area contributed by atoms with Crippen molar-refractivity contribution in [1.29, 1.82) is 0 Å². The summed E-state index contributed by atoms with van der Waals surface area (Å²) in [4.78, 5) is 4.12. The zero-order valence-electron chi connectivity index (χ0n) is 14.5. The van der Waals surface area contributed by atoms with Crippen LogP contribution in [0.15, 0.2) is 79.1 Å². The normalized spacial score (nSPS) is 10.3. The molecule has 2 heterocycles. The second-order valence-electron chi connectivity index (χ2n) is 5.90. The second-order valence-corrected chi connectivity index (χ2v) is 6.34. The molecule has 0 atom stereocenters. The highest BCUT2D eigenvalue weighted by atomic mass is 35.5. The van der Waals surface area contributed by atoms with Gasteiger partial charge in [0.2, 0.25) is 0 Å². The van der Waals surface area contributed by atoms with E-state index in [-0.39, 0.29) is 5.48 Å². The maximum absolute atomic E-state index is 6.03. The molecule has 0 aliphatic rings. The lowest BCUT2D eigenvalue weighted by molar-refractivity contribution is 0.824. The van der Waals surface area contributed by atoms with Crippen LogP contribution in [0.3, 0.4) is 0 Å². The molecule has 0 aliphatic heterocycles. The van der Waals surface area contributed by atoms with Crippen LogP contribution in [-0.4, -0.2) is 20.7 Å². The quantitative estimate of drug-likeness (QED) is 0.533. The lowest BCUT2D eigenvalue weighted by atomic mass is 10.0. The minimum absolute atomic E-state index is 0. The molecule has 0 unspecified atom stereocenters. The summed E-state index contributed by atoms with van der Waals surface area (Å²) in [5.41, 5.74) is 5.24. The van der Waals surface area contributed by atoms with Crippen LogP contribution in [0.4, 0.5) is 5.82 Å². The summed E-state index contributed by atoms with van der Waals surface area (Å²) in [5.74, 6) is 0.810. The molecule has 4 N–H and O–H groups in total. The van der Waals surface area contributed by atoms with Gasteiger partial charge in [-0.3, -0.25) is 10.1 Å². The Kier molecular flexibility index (Phi) is 5.86. The standard InChI is InChI=1S/C21H17ClN4.H2O/c22-18-8-6-17(7-9-18)20-19(16-10-12-23-13-11-16)21(26-25-20)24-14-15-4-2-1-3-5-15;/h1-13H,14H2,(H2,24,25,26);1H2. The van der Waals surface area contributed by atoms with Gasteiger partial charge in [0.1, 0.15) is 0 Å². The Bertz CT molecular complexity index is 986. The van der Waals surface area contributed by atoms with Crippen molar-refractivity contribution in [2.75, 3.05) is 5.32 Å². The fourth-order valence-electron chi connectivity index (χ4n) is 2.88. The van der Waals surface area contributed by atoms with Gasteiger partial charge >= 0.3 is 0 Å². The van der Waals surface area contributed by atoms with Crippen molar-refractivity contribution >= 4 is 17.4 Å². The zero-order chi connectivity index (χ0) is 17.8. The van der Waals surface area contributed by atoms with Gasteiger partial charge in [0.15, 0.2) is 5.82 Å². The SMILES string of the molecule is Clc1ccc(-c2[nH]nc(NCc3ccccc3)c2-c2ccncc2)cc1.O. The molecule has 0 amide bonds. The van der Waals surface area contributed by atoms with Gasteiger partial charge in [-0.1, -0.05) is 54.1 Å². The highest BCUT2D eigenvalue weighted by Crippen LogP contribution is 2.36. The van der Waals surface area contributed by atoms with Gasteiger partial charge in [0.25, 0.3) is 0 Å². The van der Waals surface area contributed by atoms with Gasteiger partial charge < -0.3 is 10.8 Å². The van der Waals surface area contributed by atoms with Gasteiger partial charge in [-0.05, 0) is 35.4 Å². The van der Waals surface area contributed by atoms with Gasteiger partial charge in [0.05, 0.1) is 11.3 Å². The Morgan fingerprint density at radius 2 is 1.56 bits per heavy atom. The van der Waals surface area contributed by atoms with E-state index < -0.39 is 0 Å². The molecule has 4 rings (SSSR count). The summed E-state index contributed by atoms with van der Waals surface area (Å²) in [7, 11) is 0. The van der Waals surface area contributed by atoms with Crippen molar-refractivity contribution in [3.05, 3.63) is 89.7 Å². The summed E-state index contributed by atoms with van der Waals surface area (Å²) in [5, 5.41) is 11.8. The first-order valence-electron chi connectivity index (χ1n) is 8.34. The van der Waals surface area contributed by atoms with Crippen molar-refractivity contribution in [3.8, 4) is 22.4 Å². The van der Waals surface area contributed by atoms with E-state index in [0.29, 0.717) is 11.6 Å². The molecule has 0 aliphatic carbocycles. The smallest absolute Gasteiger partial charge is 0.156 e. The Balaban J connectivity index is 0.00000210. The maximum atomic E-state index is 6.03. The number of anilines is 1. The Labute approximate surface area is 162 Å². The molecule has 0 bridgehead atoms. The molecule has 136 valence electrons. The van der Waals surface area contributed by atoms with Crippen LogP contribution < -0.4 is 5.32 Å². The molecular weight excluding hydrogens is 360 g/mol. The monoisotopic (exact) mass is 378 g/mol. The van der Waals surface area contributed by atoms with E-state index in [1.807, 2.05) is 54.6 Å². The molecule has 0 spiro atoms. The molecule has 6 heteroatoms. The van der Waals surface area contributed by atoms with E-state index in [9.17, 15) is 0 Å². The van der Waals surface area contributed by atoms with Crippen LogP contribution in [0.1, 0.15) is 5.56 Å². The average molecular weight is 379 g/mol. The van der Waals surface area contributed by atoms with E-state index in [1.165, 1.54) is 5.56 Å². The summed E-state index contributed by atoms with van der Waals surface area (Å²) in [6, 6.07) is 22.0. The van der Waals surface area contributed by atoms with E-state index in [4.69, 9.17) is 11.6 Å². The molecule has 5 nitrogen and oxygen atoms in total. The predicted octanol–water partition coefficient (Wildman–Crippen LogP) is 4.58. The van der Waals surface area contributed by atoms with Crippen LogP contribution in [-0.2, 0) is 6.54 Å². The molecular formula is C21H19ClN4O. The first kappa shape index (κ1) is 18.6. The van der Waals surface area contributed by atoms with E-state index in [1.54, 1.807) is 12.4 Å². The lowest BCUT2D eigenvalue weighted by Crippen LogP contribution is -2.00. The van der Waals surface area contributed by atoms with Gasteiger partial charge in [-0.15, -0.1) is 0 Å². The topological polar surface area (TPSA) is 85.1 Å². The number of rotatable bonds is 5. The number of hydrogen-bond donors (Lipinski definition) is 2. The molecule has 0 fully saturated rings. The number of hydrogen-bond acceptors (Lipinski definition) is 3. The number of nitrogens with zero attached hydrogens (tertiary/aromatic N) is 2. The predicted molar refractivity (Wildman–Crippen MR) is 110 cm³/mol. The van der Waals surface area contributed by atoms with E-state index in [2.05, 4.69) is 32.6 Å². The van der Waals surface area contributed by atoms with E-state index in [0.717, 1.165) is 28.2 Å². The van der Waals surface area contributed by atoms with Crippen molar-refractivity contribution in [2.45, 2.75) is 6.54 Å². The lowest BCUT2D eigenvalue weighted by Gasteiger charge is -2.09. The number of H-pyrrole nitrogens is 1. The number of aromatic nitrogens is 3. The van der Waals surface area contributed by atoms with Crippen molar-refractivity contribution in [1.82, 2.24) is 15.2 Å². The van der Waals surface area contributed by atoms with Crippen molar-refractivity contribution in [3.63, 3.8) is 0 Å². The number of halogens is 1. The highest BCUT2D eigenvalue weighted by Gasteiger charge is 2.16. The third-order valence-corrected chi connectivity index (χ3v) is 4.42. The summed E-state index contributed by atoms with van der Waals surface area (Å²) >= 11 is 6.03. The fraction of sp³-hybridized carbons (Fsp3) is 0.0476. The third-order valence-electron chi connectivity index (χ3n) is 4.17. The number of nitrogens with one attached hydrogen (secondary N) is 2. The maximum Gasteiger partial charge on any atom is 0.156 e. The third kappa shape index (κ3) is 4.16. The number of aromatic amines is 1. The van der Waals surface area contributed by atoms with Gasteiger partial charge in [0, 0.05) is 29.5 Å². The van der Waals surface area contributed by atoms with E-state index >= 15 is 0 Å². The van der Waals surface area contributed by atoms with Gasteiger partial charge in [-0.25, -0.2) is 0 Å². The first-order chi connectivity index (χ1) is 12.8. The largest absolute Gasteiger partial charge is 0.412 e. The molecule has 4 aromatic rings. The molecule has 0 radical (unpaired) electrons. The summed E-state index contributed by atoms with van der Waals surface area (Å²) in [6.07, 6.45) is 3.57.